The van der Waals surface area contributed by atoms with Crippen molar-refractivity contribution < 1.29 is 0 Å². The number of hydrogen-bond acceptors (Lipinski definition) is 6. The highest BCUT2D eigenvalue weighted by atomic mass is 15.1. The van der Waals surface area contributed by atoms with E-state index in [0.29, 0.717) is 45.6 Å². The molecule has 0 spiro atoms. The second-order valence-corrected chi connectivity index (χ2v) is 31.8. The van der Waals surface area contributed by atoms with Crippen LogP contribution in [0.1, 0.15) is 23.5 Å². The summed E-state index contributed by atoms with van der Waals surface area (Å²) in [7, 11) is 0. The second-order valence-electron chi connectivity index (χ2n) is 31.8. The van der Waals surface area contributed by atoms with Gasteiger partial charge in [-0.1, -0.05) is 352 Å². The van der Waals surface area contributed by atoms with Crippen LogP contribution in [0.4, 0.5) is 0 Å². The van der Waals surface area contributed by atoms with E-state index in [-0.39, 0.29) is 0 Å². The van der Waals surface area contributed by atoms with Crippen molar-refractivity contribution in [2.75, 3.05) is 0 Å². The van der Waals surface area contributed by atoms with Crippen LogP contribution < -0.4 is 31.8 Å². The van der Waals surface area contributed by atoms with Gasteiger partial charge in [0.25, 0.3) is 0 Å². The Labute approximate surface area is 688 Å². The molecule has 8 heteroatoms. The Balaban J connectivity index is 0.890. The van der Waals surface area contributed by atoms with Gasteiger partial charge in [-0.2, -0.15) is 0 Å². The van der Waals surface area contributed by atoms with Gasteiger partial charge in [0.15, 0.2) is 17.1 Å². The fourth-order valence-corrected chi connectivity index (χ4v) is 20.1. The second kappa shape index (κ2) is 26.8. The molecule has 5 aliphatic rings. The molecule has 2 unspecified atom stereocenters. The van der Waals surface area contributed by atoms with Gasteiger partial charge in [0.05, 0.1) is 11.8 Å². The van der Waals surface area contributed by atoms with Crippen molar-refractivity contribution >= 4 is 122 Å². The number of fused-ring (bicyclic) bond motifs is 26. The van der Waals surface area contributed by atoms with E-state index in [1.165, 1.54) is 0 Å². The van der Waals surface area contributed by atoms with Crippen LogP contribution in [0.25, 0.3) is 234 Å². The van der Waals surface area contributed by atoms with Crippen molar-refractivity contribution in [3.8, 4) is 112 Å². The van der Waals surface area contributed by atoms with Gasteiger partial charge in [-0.15, -0.1) is 0 Å². The Morgan fingerprint density at radius 1 is 0.208 bits per heavy atom. The van der Waals surface area contributed by atoms with Crippen LogP contribution in [0.5, 0.6) is 0 Å². The minimum absolute atomic E-state index is 0.464. The van der Waals surface area contributed by atoms with Gasteiger partial charge in [0, 0.05) is 33.0 Å². The molecule has 0 saturated heterocycles. The Kier molecular flexibility index (Phi) is 15.1. The highest BCUT2D eigenvalue weighted by molar-refractivity contribution is 6.27. The van der Waals surface area contributed by atoms with E-state index in [9.17, 15) is 0 Å². The lowest BCUT2D eigenvalue weighted by atomic mass is 9.82. The third-order valence-electron chi connectivity index (χ3n) is 25.2. The molecule has 18 aromatic carbocycles. The molecule has 8 bridgehead atoms. The van der Waals surface area contributed by atoms with Gasteiger partial charge >= 0.3 is 0 Å². The molecule has 2 N–H and O–H groups in total. The molecule has 0 radical (unpaired) electrons. The molecule has 20 aromatic rings. The third-order valence-corrected chi connectivity index (χ3v) is 25.2. The van der Waals surface area contributed by atoms with Crippen LogP contribution in [0.15, 0.2) is 364 Å². The van der Waals surface area contributed by atoms with Crippen LogP contribution >= 0.6 is 0 Å². The lowest BCUT2D eigenvalue weighted by Crippen LogP contribution is -2.34. The standard InChI is InChI=1S/C112H68N8/c1-9-33-65(34-10-1)97-73-49-25-26-50-74(73)98(66-35-11-2-12-36-66)82-58-90-89(57-81(82)97)105-113-106(90)118-108-93-61-85-86(102(70-43-19-6-20-44-70)78-54-30-29-53-77(78)101(85)69-41-17-5-18-42-69)62-94(93)110(115-108)120-112-96-64-88-87(103(71-45-21-7-22-46-71)79-55-31-32-56-80(79)104(88)72-47-23-8-24-48-72)63-95(96)111(116-112)119-109-92-60-84-83(59-91(92)107(114-109)117-105)99(67-37-13-3-14-38-67)75-51-27-28-52-76(75)100(84)68-39-15-4-16-40-68/h1-64,89,91H,(H,113,114,117)(H,115,116,118,119,120). The van der Waals surface area contributed by atoms with Gasteiger partial charge in [-0.3, -0.25) is 0 Å². The summed E-state index contributed by atoms with van der Waals surface area (Å²) < 4.78 is 0. The van der Waals surface area contributed by atoms with Gasteiger partial charge < -0.3 is 9.97 Å². The molecule has 556 valence electrons. The van der Waals surface area contributed by atoms with Crippen molar-refractivity contribution in [3.05, 3.63) is 407 Å². The average molecular weight is 1530 g/mol. The van der Waals surface area contributed by atoms with Gasteiger partial charge in [0.2, 0.25) is 0 Å². The summed E-state index contributed by atoms with van der Waals surface area (Å²) in [6.07, 6.45) is 9.66. The van der Waals surface area contributed by atoms with E-state index in [4.69, 9.17) is 29.9 Å². The Hall–Kier alpha value is -15.9. The number of hydrogen-bond donors (Lipinski definition) is 2. The number of benzene rings is 18. The van der Waals surface area contributed by atoms with Crippen LogP contribution in [-0.2, 0) is 0 Å². The number of aromatic amines is 2. The molecule has 120 heavy (non-hydrogen) atoms. The minimum Gasteiger partial charge on any atom is -0.327 e. The van der Waals surface area contributed by atoms with E-state index in [1.807, 2.05) is 0 Å². The minimum atomic E-state index is -0.492. The summed E-state index contributed by atoms with van der Waals surface area (Å²) in [5, 5.41) is 19.6. The molecule has 25 rings (SSSR count). The first-order valence-corrected chi connectivity index (χ1v) is 41.1. The van der Waals surface area contributed by atoms with E-state index in [2.05, 4.69) is 398 Å². The van der Waals surface area contributed by atoms with Crippen LogP contribution in [0, 0.1) is 0 Å². The Morgan fingerprint density at radius 2 is 0.500 bits per heavy atom. The Bertz CT molecular complexity index is 8490. The molecule has 5 heterocycles. The molecule has 2 aromatic heterocycles. The van der Waals surface area contributed by atoms with Crippen molar-refractivity contribution in [3.63, 3.8) is 0 Å². The maximum absolute atomic E-state index is 6.10. The first-order valence-electron chi connectivity index (χ1n) is 41.1. The predicted molar refractivity (Wildman–Crippen MR) is 495 cm³/mol. The summed E-state index contributed by atoms with van der Waals surface area (Å²) in [5.74, 6) is 1.33. The summed E-state index contributed by atoms with van der Waals surface area (Å²) in [5.41, 5.74) is 23.8. The van der Waals surface area contributed by atoms with Crippen LogP contribution in [-0.4, -0.2) is 39.9 Å². The average Bonchev–Trinajstić information content (AvgIpc) is 1.74. The van der Waals surface area contributed by atoms with Crippen molar-refractivity contribution in [2.24, 2.45) is 0 Å². The van der Waals surface area contributed by atoms with E-state index >= 15 is 0 Å². The van der Waals surface area contributed by atoms with Crippen molar-refractivity contribution in [1.82, 2.24) is 39.9 Å². The molecular formula is C112H68N8. The maximum Gasteiger partial charge on any atom is 0.164 e. The fourth-order valence-electron chi connectivity index (χ4n) is 20.1. The number of nitrogens with zero attached hydrogens (tertiary/aromatic N) is 6. The highest BCUT2D eigenvalue weighted by Crippen LogP contribution is 2.51. The number of H-pyrrole nitrogens is 2. The van der Waals surface area contributed by atoms with E-state index in [1.54, 1.807) is 0 Å². The normalized spacial score (nSPS) is 14.1. The lowest BCUT2D eigenvalue weighted by Gasteiger charge is -2.21. The molecule has 0 fully saturated rings. The first kappa shape index (κ1) is 67.4. The lowest BCUT2D eigenvalue weighted by molar-refractivity contribution is 0.902. The summed E-state index contributed by atoms with van der Waals surface area (Å²) in [4.78, 5) is 44.1. The predicted octanol–water partition coefficient (Wildman–Crippen LogP) is 22.8. The van der Waals surface area contributed by atoms with Crippen molar-refractivity contribution in [1.29, 1.82) is 0 Å². The van der Waals surface area contributed by atoms with Gasteiger partial charge in [-0.05, 0) is 211 Å². The molecule has 2 aliphatic carbocycles. The highest BCUT2D eigenvalue weighted by Gasteiger charge is 2.34. The van der Waals surface area contributed by atoms with Gasteiger partial charge in [0.1, 0.15) is 28.4 Å². The SMILES string of the molecule is C1=c2c(-c3ccccc3)c3ccccc3c(-c3ccccc3)c2=CC2C1=c1nc2nc2[nH]c(nc3nc(nc4[nH]c(n1)c1cc5c(-c6ccccc6)c6ccccc6c(-c6ccccc6)c5cc41)-c1cc4c(-c5ccccc5)c5ccccc5c(-c5ccccc5)c4cc1-3)=C1C=c3c(-c4ccccc4)c4ccccc4c(-c4ccccc4)c3=CC12. The fraction of sp³-hybridized carbons (Fsp3) is 0.0179. The zero-order chi connectivity index (χ0) is 78.6. The smallest absolute Gasteiger partial charge is 0.164 e. The molecule has 0 amide bonds. The molecule has 2 atom stereocenters. The quantitative estimate of drug-likeness (QED) is 0.147. The summed E-state index contributed by atoms with van der Waals surface area (Å²) in [6.45, 7) is 0. The zero-order valence-corrected chi connectivity index (χ0v) is 64.8. The monoisotopic (exact) mass is 1520 g/mol. The molecule has 8 nitrogen and oxygen atoms in total. The van der Waals surface area contributed by atoms with E-state index in [0.717, 1.165) is 208 Å². The molecular weight excluding hydrogens is 1460 g/mol. The number of aromatic nitrogens is 8. The topological polar surface area (TPSA) is 109 Å². The summed E-state index contributed by atoms with van der Waals surface area (Å²) >= 11 is 0. The molecule has 3 aliphatic heterocycles. The van der Waals surface area contributed by atoms with Crippen molar-refractivity contribution in [2.45, 2.75) is 11.8 Å². The third kappa shape index (κ3) is 10.4. The van der Waals surface area contributed by atoms with Crippen LogP contribution in [0.3, 0.4) is 0 Å². The summed E-state index contributed by atoms with van der Waals surface area (Å²) in [6, 6.07) is 132. The largest absolute Gasteiger partial charge is 0.327 e. The Morgan fingerprint density at radius 3 is 0.867 bits per heavy atom. The van der Waals surface area contributed by atoms with Crippen LogP contribution in [0.2, 0.25) is 0 Å². The zero-order valence-electron chi connectivity index (χ0n) is 64.8. The van der Waals surface area contributed by atoms with Gasteiger partial charge in [-0.25, -0.2) is 29.9 Å². The first-order chi connectivity index (χ1) is 59.5. The number of rotatable bonds is 8. The maximum atomic E-state index is 6.10. The molecule has 0 saturated carbocycles. The number of nitrogens with one attached hydrogen (secondary N) is 2. The van der Waals surface area contributed by atoms with E-state index < -0.39 is 11.8 Å².